The summed E-state index contributed by atoms with van der Waals surface area (Å²) in [4.78, 5) is 14.5. The summed E-state index contributed by atoms with van der Waals surface area (Å²) in [5, 5.41) is 3.98. The molecule has 2 fully saturated rings. The molecule has 0 radical (unpaired) electrons. The van der Waals surface area contributed by atoms with E-state index in [1.807, 2.05) is 0 Å². The monoisotopic (exact) mass is 380 g/mol. The van der Waals surface area contributed by atoms with Gasteiger partial charge in [-0.25, -0.2) is 0 Å². The van der Waals surface area contributed by atoms with E-state index in [1.54, 1.807) is 37.3 Å². The van der Waals surface area contributed by atoms with Crippen molar-refractivity contribution < 1.29 is 14.3 Å². The molecule has 2 aliphatic rings. The largest absolute Gasteiger partial charge is 0.493 e. The highest BCUT2D eigenvalue weighted by molar-refractivity contribution is 7.80. The zero-order valence-electron chi connectivity index (χ0n) is 14.3. The Morgan fingerprint density at radius 2 is 1.84 bits per heavy atom. The molecular weight excluding hydrogens is 360 g/mol. The van der Waals surface area contributed by atoms with Gasteiger partial charge >= 0.3 is 0 Å². The fourth-order valence-electron chi connectivity index (χ4n) is 3.36. The number of carbonyl (C=O) groups excluding carboxylic acids is 1. The maximum Gasteiger partial charge on any atom is 0.276 e. The van der Waals surface area contributed by atoms with Crippen LogP contribution >= 0.6 is 23.8 Å². The van der Waals surface area contributed by atoms with E-state index in [4.69, 9.17) is 33.3 Å². The summed E-state index contributed by atoms with van der Waals surface area (Å²) in [6, 6.07) is 3.60. The molecular formula is C18H21ClN2O3S. The Morgan fingerprint density at radius 1 is 1.20 bits per heavy atom. The van der Waals surface area contributed by atoms with Gasteiger partial charge in [-0.3, -0.25) is 9.69 Å². The minimum atomic E-state index is -0.0947. The van der Waals surface area contributed by atoms with Gasteiger partial charge in [-0.2, -0.15) is 0 Å². The molecule has 1 N–H and O–H groups in total. The zero-order valence-corrected chi connectivity index (χ0v) is 15.9. The lowest BCUT2D eigenvalue weighted by molar-refractivity contribution is -0.124. The van der Waals surface area contributed by atoms with Crippen molar-refractivity contribution in [3.8, 4) is 11.5 Å². The van der Waals surface area contributed by atoms with E-state index in [9.17, 15) is 4.79 Å². The number of hydrogen-bond donors (Lipinski definition) is 1. The normalized spacial score (nSPS) is 20.1. The maximum atomic E-state index is 12.8. The molecule has 0 unspecified atom stereocenters. The van der Waals surface area contributed by atoms with E-state index in [1.165, 1.54) is 6.42 Å². The molecule has 0 spiro atoms. The SMILES string of the molecule is COc1cc(Cl)c(/C=C2\NC(=S)N(C3CCCCC3)C2=O)cc1OC. The second-order valence-corrected chi connectivity index (χ2v) is 6.98. The van der Waals surface area contributed by atoms with E-state index >= 15 is 0 Å². The Morgan fingerprint density at radius 3 is 2.48 bits per heavy atom. The highest BCUT2D eigenvalue weighted by Gasteiger charge is 2.36. The quantitative estimate of drug-likeness (QED) is 0.636. The van der Waals surface area contributed by atoms with Crippen LogP contribution in [0.4, 0.5) is 0 Å². The smallest absolute Gasteiger partial charge is 0.276 e. The number of ether oxygens (including phenoxy) is 2. The molecule has 1 aromatic rings. The van der Waals surface area contributed by atoms with E-state index < -0.39 is 0 Å². The average molecular weight is 381 g/mol. The van der Waals surface area contributed by atoms with Crippen molar-refractivity contribution in [2.45, 2.75) is 38.1 Å². The van der Waals surface area contributed by atoms with Crippen LogP contribution in [0.5, 0.6) is 11.5 Å². The lowest BCUT2D eigenvalue weighted by Crippen LogP contribution is -2.41. The first-order valence-corrected chi connectivity index (χ1v) is 9.11. The number of benzene rings is 1. The van der Waals surface area contributed by atoms with Gasteiger partial charge in [0, 0.05) is 12.1 Å². The van der Waals surface area contributed by atoms with E-state index in [0.29, 0.717) is 32.9 Å². The topological polar surface area (TPSA) is 50.8 Å². The van der Waals surface area contributed by atoms with Crippen LogP contribution in [0.1, 0.15) is 37.7 Å². The Kier molecular flexibility index (Phi) is 5.49. The van der Waals surface area contributed by atoms with Gasteiger partial charge in [-0.05, 0) is 42.8 Å². The summed E-state index contributed by atoms with van der Waals surface area (Å²) in [5.74, 6) is 0.998. The van der Waals surface area contributed by atoms with Crippen molar-refractivity contribution in [2.75, 3.05) is 14.2 Å². The van der Waals surface area contributed by atoms with Crippen molar-refractivity contribution in [1.82, 2.24) is 10.2 Å². The highest BCUT2D eigenvalue weighted by atomic mass is 35.5. The molecule has 134 valence electrons. The van der Waals surface area contributed by atoms with Crippen molar-refractivity contribution in [1.29, 1.82) is 0 Å². The molecule has 1 heterocycles. The fourth-order valence-corrected chi connectivity index (χ4v) is 3.91. The third kappa shape index (κ3) is 3.60. The molecule has 1 aliphatic heterocycles. The average Bonchev–Trinajstić information content (AvgIpc) is 2.90. The van der Waals surface area contributed by atoms with Crippen molar-refractivity contribution in [2.24, 2.45) is 0 Å². The predicted octanol–water partition coefficient (Wildman–Crippen LogP) is 3.75. The number of nitrogens with one attached hydrogen (secondary N) is 1. The number of thiocarbonyl (C=S) groups is 1. The minimum Gasteiger partial charge on any atom is -0.493 e. The van der Waals surface area contributed by atoms with Crippen LogP contribution in [-0.4, -0.2) is 36.2 Å². The standard InChI is InChI=1S/C18H21ClN2O3S/c1-23-15-9-11(13(19)10-16(15)24-2)8-14-17(22)21(18(25)20-14)12-6-4-3-5-7-12/h8-10,12H,3-7H2,1-2H3,(H,20,25)/b14-8-. The molecule has 5 nitrogen and oxygen atoms in total. The van der Waals surface area contributed by atoms with Crippen molar-refractivity contribution in [3.05, 3.63) is 28.4 Å². The van der Waals surface area contributed by atoms with Crippen LogP contribution in [-0.2, 0) is 4.79 Å². The Bertz CT molecular complexity index is 729. The van der Waals surface area contributed by atoms with Gasteiger partial charge < -0.3 is 14.8 Å². The number of carbonyl (C=O) groups is 1. The van der Waals surface area contributed by atoms with Crippen LogP contribution in [0.25, 0.3) is 6.08 Å². The minimum absolute atomic E-state index is 0.0947. The number of rotatable bonds is 4. The molecule has 1 aliphatic carbocycles. The van der Waals surface area contributed by atoms with Crippen LogP contribution in [0, 0.1) is 0 Å². The van der Waals surface area contributed by atoms with Crippen LogP contribution in [0.2, 0.25) is 5.02 Å². The molecule has 0 aromatic heterocycles. The van der Waals surface area contributed by atoms with Crippen LogP contribution < -0.4 is 14.8 Å². The van der Waals surface area contributed by atoms with Gasteiger partial charge in [-0.15, -0.1) is 0 Å². The molecule has 1 amide bonds. The molecule has 1 aromatic carbocycles. The van der Waals surface area contributed by atoms with Crippen LogP contribution in [0.3, 0.4) is 0 Å². The molecule has 1 saturated heterocycles. The van der Waals surface area contributed by atoms with Gasteiger partial charge in [0.1, 0.15) is 5.70 Å². The zero-order chi connectivity index (χ0) is 18.0. The molecule has 7 heteroatoms. The first kappa shape index (κ1) is 18.0. The Balaban J connectivity index is 1.89. The van der Waals surface area contributed by atoms with E-state index in [0.717, 1.165) is 25.7 Å². The fraction of sp³-hybridized carbons (Fsp3) is 0.444. The van der Waals surface area contributed by atoms with Gasteiger partial charge in [0.25, 0.3) is 5.91 Å². The first-order chi connectivity index (χ1) is 12.0. The summed E-state index contributed by atoms with van der Waals surface area (Å²) >= 11 is 11.7. The lowest BCUT2D eigenvalue weighted by Gasteiger charge is -2.29. The molecule has 0 atom stereocenters. The number of nitrogens with zero attached hydrogens (tertiary/aromatic N) is 1. The molecule has 0 bridgehead atoms. The molecule has 3 rings (SSSR count). The third-order valence-corrected chi connectivity index (χ3v) is 5.28. The predicted molar refractivity (Wildman–Crippen MR) is 102 cm³/mol. The Labute approximate surface area is 157 Å². The number of hydrogen-bond acceptors (Lipinski definition) is 4. The van der Waals surface area contributed by atoms with Gasteiger partial charge in [-0.1, -0.05) is 30.9 Å². The number of methoxy groups -OCH3 is 2. The van der Waals surface area contributed by atoms with Crippen molar-refractivity contribution in [3.63, 3.8) is 0 Å². The Hall–Kier alpha value is -1.79. The van der Waals surface area contributed by atoms with Gasteiger partial charge in [0.2, 0.25) is 0 Å². The van der Waals surface area contributed by atoms with Crippen molar-refractivity contribution >= 4 is 40.9 Å². The highest BCUT2D eigenvalue weighted by Crippen LogP contribution is 2.35. The van der Waals surface area contributed by atoms with E-state index in [-0.39, 0.29) is 11.9 Å². The third-order valence-electron chi connectivity index (χ3n) is 4.65. The second kappa shape index (κ2) is 7.62. The summed E-state index contributed by atoms with van der Waals surface area (Å²) in [6.45, 7) is 0. The number of halogens is 1. The van der Waals surface area contributed by atoms with Crippen LogP contribution in [0.15, 0.2) is 17.8 Å². The maximum absolute atomic E-state index is 12.8. The molecule has 25 heavy (non-hydrogen) atoms. The summed E-state index contributed by atoms with van der Waals surface area (Å²) in [6.07, 6.45) is 7.20. The second-order valence-electron chi connectivity index (χ2n) is 6.18. The number of amides is 1. The van der Waals surface area contributed by atoms with E-state index in [2.05, 4.69) is 5.32 Å². The summed E-state index contributed by atoms with van der Waals surface area (Å²) in [5.41, 5.74) is 1.10. The summed E-state index contributed by atoms with van der Waals surface area (Å²) in [7, 11) is 3.11. The molecule has 1 saturated carbocycles. The van der Waals surface area contributed by atoms with Gasteiger partial charge in [0.15, 0.2) is 16.6 Å². The first-order valence-electron chi connectivity index (χ1n) is 8.33. The summed E-state index contributed by atoms with van der Waals surface area (Å²) < 4.78 is 10.5. The lowest BCUT2D eigenvalue weighted by atomic mass is 9.94. The van der Waals surface area contributed by atoms with Gasteiger partial charge in [0.05, 0.1) is 19.2 Å².